The summed E-state index contributed by atoms with van der Waals surface area (Å²) in [4.78, 5) is 27.4. The van der Waals surface area contributed by atoms with Crippen LogP contribution in [0.4, 0.5) is 0 Å². The Morgan fingerprint density at radius 1 is 1.24 bits per heavy atom. The molecule has 0 bridgehead atoms. The van der Waals surface area contributed by atoms with Crippen LogP contribution in [0.2, 0.25) is 0 Å². The fourth-order valence-corrected chi connectivity index (χ4v) is 2.99. The predicted octanol–water partition coefficient (Wildman–Crippen LogP) is -0.169. The van der Waals surface area contributed by atoms with Gasteiger partial charge in [-0.3, -0.25) is 9.59 Å². The standard InChI is InChI=1S/C14H26N4O2.ClH/c1-12(19)16-13-3-2-7-17(11-13)8-4-14(20)18-9-5-15-6-10-18;/h13,15H,2-11H2,1H3,(H,16,19);1H. The highest BCUT2D eigenvalue weighted by Crippen LogP contribution is 2.11. The molecule has 1 unspecified atom stereocenters. The zero-order valence-electron chi connectivity index (χ0n) is 12.8. The summed E-state index contributed by atoms with van der Waals surface area (Å²) >= 11 is 0. The van der Waals surface area contributed by atoms with Crippen LogP contribution in [-0.2, 0) is 9.59 Å². The molecule has 2 aliphatic heterocycles. The third kappa shape index (κ3) is 6.20. The first-order valence-corrected chi connectivity index (χ1v) is 7.63. The van der Waals surface area contributed by atoms with Gasteiger partial charge < -0.3 is 20.4 Å². The molecule has 122 valence electrons. The predicted molar refractivity (Wildman–Crippen MR) is 84.6 cm³/mol. The maximum absolute atomic E-state index is 12.1. The Balaban J connectivity index is 0.00000220. The minimum Gasteiger partial charge on any atom is -0.352 e. The molecule has 0 aromatic heterocycles. The average Bonchev–Trinajstić information content (AvgIpc) is 2.45. The second kappa shape index (κ2) is 9.23. The van der Waals surface area contributed by atoms with Crippen molar-refractivity contribution in [3.63, 3.8) is 0 Å². The van der Waals surface area contributed by atoms with E-state index in [-0.39, 0.29) is 30.3 Å². The number of halogens is 1. The van der Waals surface area contributed by atoms with Crippen LogP contribution < -0.4 is 10.6 Å². The van der Waals surface area contributed by atoms with Crippen LogP contribution in [0.5, 0.6) is 0 Å². The van der Waals surface area contributed by atoms with Crippen LogP contribution >= 0.6 is 12.4 Å². The molecular weight excluding hydrogens is 292 g/mol. The zero-order valence-corrected chi connectivity index (χ0v) is 13.6. The highest BCUT2D eigenvalue weighted by atomic mass is 35.5. The molecule has 21 heavy (non-hydrogen) atoms. The summed E-state index contributed by atoms with van der Waals surface area (Å²) in [6.45, 7) is 7.73. The van der Waals surface area contributed by atoms with Gasteiger partial charge in [0, 0.05) is 58.7 Å². The van der Waals surface area contributed by atoms with E-state index >= 15 is 0 Å². The molecule has 0 aliphatic carbocycles. The number of hydrogen-bond donors (Lipinski definition) is 2. The van der Waals surface area contributed by atoms with Gasteiger partial charge in [0.05, 0.1) is 0 Å². The van der Waals surface area contributed by atoms with Gasteiger partial charge in [-0.25, -0.2) is 0 Å². The van der Waals surface area contributed by atoms with Gasteiger partial charge in [0.25, 0.3) is 0 Å². The molecule has 6 nitrogen and oxygen atoms in total. The summed E-state index contributed by atoms with van der Waals surface area (Å²) in [6.07, 6.45) is 2.72. The number of piperazine rings is 1. The molecule has 0 aromatic rings. The van der Waals surface area contributed by atoms with Crippen LogP contribution in [0, 0.1) is 0 Å². The second-order valence-electron chi connectivity index (χ2n) is 5.72. The van der Waals surface area contributed by atoms with E-state index in [4.69, 9.17) is 0 Å². The van der Waals surface area contributed by atoms with E-state index in [9.17, 15) is 9.59 Å². The molecule has 0 radical (unpaired) electrons. The van der Waals surface area contributed by atoms with Gasteiger partial charge in [-0.2, -0.15) is 0 Å². The fourth-order valence-electron chi connectivity index (χ4n) is 2.99. The lowest BCUT2D eigenvalue weighted by molar-refractivity contribution is -0.132. The molecule has 0 aromatic carbocycles. The van der Waals surface area contributed by atoms with Gasteiger partial charge >= 0.3 is 0 Å². The summed E-state index contributed by atoms with van der Waals surface area (Å²) in [5.74, 6) is 0.293. The van der Waals surface area contributed by atoms with Crippen LogP contribution in [0.3, 0.4) is 0 Å². The highest BCUT2D eigenvalue weighted by molar-refractivity contribution is 5.85. The monoisotopic (exact) mass is 318 g/mol. The van der Waals surface area contributed by atoms with Crippen molar-refractivity contribution in [1.82, 2.24) is 20.4 Å². The van der Waals surface area contributed by atoms with Crippen molar-refractivity contribution in [3.8, 4) is 0 Å². The van der Waals surface area contributed by atoms with Crippen LogP contribution in [0.15, 0.2) is 0 Å². The first-order chi connectivity index (χ1) is 9.65. The molecule has 0 spiro atoms. The van der Waals surface area contributed by atoms with Crippen LogP contribution in [0.25, 0.3) is 0 Å². The molecule has 2 saturated heterocycles. The lowest BCUT2D eigenvalue weighted by Crippen LogP contribution is -2.49. The minimum absolute atomic E-state index is 0. The largest absolute Gasteiger partial charge is 0.352 e. The fraction of sp³-hybridized carbons (Fsp3) is 0.857. The number of carbonyl (C=O) groups excluding carboxylic acids is 2. The van der Waals surface area contributed by atoms with Gasteiger partial charge in [-0.15, -0.1) is 12.4 Å². The molecule has 2 N–H and O–H groups in total. The van der Waals surface area contributed by atoms with Crippen molar-refractivity contribution in [2.45, 2.75) is 32.2 Å². The van der Waals surface area contributed by atoms with Crippen LogP contribution in [0.1, 0.15) is 26.2 Å². The van der Waals surface area contributed by atoms with E-state index in [1.165, 1.54) is 0 Å². The summed E-state index contributed by atoms with van der Waals surface area (Å²) in [6, 6.07) is 0.246. The summed E-state index contributed by atoms with van der Waals surface area (Å²) in [5.41, 5.74) is 0. The Bertz CT molecular complexity index is 348. The van der Waals surface area contributed by atoms with E-state index in [0.717, 1.165) is 58.7 Å². The third-order valence-corrected chi connectivity index (χ3v) is 4.02. The normalized spacial score (nSPS) is 23.3. The molecule has 2 fully saturated rings. The number of piperidine rings is 1. The average molecular weight is 319 g/mol. The number of amides is 2. The van der Waals surface area contributed by atoms with Crippen molar-refractivity contribution in [2.24, 2.45) is 0 Å². The Morgan fingerprint density at radius 2 is 1.95 bits per heavy atom. The van der Waals surface area contributed by atoms with Crippen molar-refractivity contribution in [2.75, 3.05) is 45.8 Å². The Kier molecular flexibility index (Phi) is 8.00. The number of likely N-dealkylation sites (tertiary alicyclic amines) is 1. The molecule has 7 heteroatoms. The summed E-state index contributed by atoms with van der Waals surface area (Å²) in [7, 11) is 0. The molecule has 0 saturated carbocycles. The topological polar surface area (TPSA) is 64.7 Å². The Morgan fingerprint density at radius 3 is 2.62 bits per heavy atom. The zero-order chi connectivity index (χ0) is 14.4. The summed E-state index contributed by atoms with van der Waals surface area (Å²) < 4.78 is 0. The number of carbonyl (C=O) groups is 2. The van der Waals surface area contributed by atoms with Gasteiger partial charge in [-0.05, 0) is 19.4 Å². The Hall–Kier alpha value is -0.850. The molecular formula is C14H27ClN4O2. The maximum Gasteiger partial charge on any atom is 0.223 e. The smallest absolute Gasteiger partial charge is 0.223 e. The van der Waals surface area contributed by atoms with E-state index in [1.807, 2.05) is 4.90 Å². The second-order valence-corrected chi connectivity index (χ2v) is 5.72. The van der Waals surface area contributed by atoms with E-state index in [0.29, 0.717) is 6.42 Å². The number of hydrogen-bond acceptors (Lipinski definition) is 4. The van der Waals surface area contributed by atoms with Gasteiger partial charge in [0.2, 0.25) is 11.8 Å². The first-order valence-electron chi connectivity index (χ1n) is 7.63. The van der Waals surface area contributed by atoms with Crippen molar-refractivity contribution >= 4 is 24.2 Å². The molecule has 2 amide bonds. The van der Waals surface area contributed by atoms with Crippen molar-refractivity contribution in [1.29, 1.82) is 0 Å². The van der Waals surface area contributed by atoms with Crippen LogP contribution in [-0.4, -0.2) is 73.5 Å². The van der Waals surface area contributed by atoms with E-state index in [2.05, 4.69) is 15.5 Å². The van der Waals surface area contributed by atoms with E-state index < -0.39 is 0 Å². The number of nitrogens with zero attached hydrogens (tertiary/aromatic N) is 2. The third-order valence-electron chi connectivity index (χ3n) is 4.02. The number of nitrogens with one attached hydrogen (secondary N) is 2. The SMILES string of the molecule is CC(=O)NC1CCCN(CCC(=O)N2CCNCC2)C1.Cl. The van der Waals surface area contributed by atoms with Gasteiger partial charge in [-0.1, -0.05) is 0 Å². The molecule has 2 rings (SSSR count). The quantitative estimate of drug-likeness (QED) is 0.755. The van der Waals surface area contributed by atoms with E-state index in [1.54, 1.807) is 6.92 Å². The lowest BCUT2D eigenvalue weighted by atomic mass is 10.1. The molecule has 2 aliphatic rings. The summed E-state index contributed by atoms with van der Waals surface area (Å²) in [5, 5.41) is 6.23. The van der Waals surface area contributed by atoms with Crippen molar-refractivity contribution < 1.29 is 9.59 Å². The minimum atomic E-state index is 0. The van der Waals surface area contributed by atoms with Gasteiger partial charge in [0.15, 0.2) is 0 Å². The van der Waals surface area contributed by atoms with Gasteiger partial charge in [0.1, 0.15) is 0 Å². The van der Waals surface area contributed by atoms with Crippen molar-refractivity contribution in [3.05, 3.63) is 0 Å². The molecule has 2 heterocycles. The first kappa shape index (κ1) is 18.2. The maximum atomic E-state index is 12.1. The molecule has 1 atom stereocenters. The highest BCUT2D eigenvalue weighted by Gasteiger charge is 2.22. The Labute approximate surface area is 133 Å². The number of rotatable bonds is 4. The lowest BCUT2D eigenvalue weighted by Gasteiger charge is -2.33.